The number of hydrogen-bond donors (Lipinski definition) is 4. The minimum atomic E-state index is -0.705. The van der Waals surface area contributed by atoms with Gasteiger partial charge in [0.2, 0.25) is 0 Å². The van der Waals surface area contributed by atoms with Crippen LogP contribution in [0.25, 0.3) is 33.3 Å². The van der Waals surface area contributed by atoms with E-state index in [1.807, 2.05) is 9.80 Å². The number of anilines is 2. The van der Waals surface area contributed by atoms with Gasteiger partial charge in [-0.15, -0.1) is 0 Å². The molecule has 4 N–H and O–H groups in total. The summed E-state index contributed by atoms with van der Waals surface area (Å²) >= 11 is 0. The molecule has 2 aliphatic heterocycles. The van der Waals surface area contributed by atoms with Gasteiger partial charge in [0.15, 0.2) is 11.2 Å². The van der Waals surface area contributed by atoms with Crippen molar-refractivity contribution in [3.63, 3.8) is 0 Å². The first-order valence-electron chi connectivity index (χ1n) is 14.8. The Morgan fingerprint density at radius 1 is 1.09 bits per heavy atom. The highest BCUT2D eigenvalue weighted by Gasteiger charge is 2.29. The first-order chi connectivity index (χ1) is 21.5. The fourth-order valence-electron chi connectivity index (χ4n) is 5.40. The first-order valence-corrected chi connectivity index (χ1v) is 14.8. The molecule has 4 aromatic rings. The number of nitrogens with one attached hydrogen (secondary N) is 1. The number of oxazole rings is 2. The fourth-order valence-corrected chi connectivity index (χ4v) is 5.40. The van der Waals surface area contributed by atoms with Crippen LogP contribution in [0.2, 0.25) is 0 Å². The Morgan fingerprint density at radius 3 is 2.40 bits per heavy atom. The number of carbonyl (C=O) groups excluding carboxylic acids is 1. The molecule has 0 aliphatic carbocycles. The van der Waals surface area contributed by atoms with Crippen LogP contribution in [0.4, 0.5) is 21.2 Å². The summed E-state index contributed by atoms with van der Waals surface area (Å²) in [4.78, 5) is 25.0. The molecule has 6 rings (SSSR count). The number of hydrogen-bond acceptors (Lipinski definition) is 12. The summed E-state index contributed by atoms with van der Waals surface area (Å²) in [7, 11) is 0. The second kappa shape index (κ2) is 12.1. The van der Waals surface area contributed by atoms with E-state index < -0.39 is 23.9 Å². The number of phenolic OH excluding ortho intramolecular Hbond substituents is 1. The van der Waals surface area contributed by atoms with Crippen LogP contribution in [0.3, 0.4) is 0 Å². The number of β-amino-alcohol motifs (C(OH)–C–C–N with tert-alkyl or cyclic N) is 2. The normalized spacial score (nSPS) is 19.2. The topological polar surface area (TPSA) is 167 Å². The molecule has 2 aliphatic rings. The van der Waals surface area contributed by atoms with Crippen molar-refractivity contribution in [2.45, 2.75) is 51.4 Å². The van der Waals surface area contributed by atoms with Crippen molar-refractivity contribution < 1.29 is 42.8 Å². The molecular weight excluding hydrogens is 589 g/mol. The minimum absolute atomic E-state index is 0.0999. The van der Waals surface area contributed by atoms with Crippen LogP contribution >= 0.6 is 0 Å². The number of aliphatic hydroxyl groups excluding tert-OH is 2. The Kier molecular flexibility index (Phi) is 8.18. The summed E-state index contributed by atoms with van der Waals surface area (Å²) in [5.41, 5.74) is 1.68. The molecular formula is C31H36FN5O8. The van der Waals surface area contributed by atoms with E-state index in [1.54, 1.807) is 39.0 Å². The van der Waals surface area contributed by atoms with Crippen LogP contribution in [-0.4, -0.2) is 88.5 Å². The van der Waals surface area contributed by atoms with Gasteiger partial charge in [-0.2, -0.15) is 9.97 Å². The number of phenols is 1. The number of nitrogens with zero attached hydrogens (tertiary/aromatic N) is 4. The molecule has 13 nitrogen and oxygen atoms in total. The lowest BCUT2D eigenvalue weighted by molar-refractivity contribution is 0.0531. The predicted octanol–water partition coefficient (Wildman–Crippen LogP) is 4.24. The van der Waals surface area contributed by atoms with Gasteiger partial charge >= 0.3 is 6.09 Å². The average Bonchev–Trinajstić information content (AvgIpc) is 3.78. The predicted molar refractivity (Wildman–Crippen MR) is 163 cm³/mol. The molecule has 2 aromatic carbocycles. The molecule has 240 valence electrons. The SMILES string of the molecule is CC(C)(C)OC(=O)NC/C(=C\F)COc1cc(-c2c(O)ccc3nc(N4CCC(O)C4)oc23)c2nc(N3CCC(O)C3)oc2c1. The van der Waals surface area contributed by atoms with Gasteiger partial charge in [0.1, 0.15) is 34.7 Å². The molecule has 2 fully saturated rings. The number of ether oxygens (including phenoxy) is 2. The first kappa shape index (κ1) is 30.5. The standard InChI is InChI=1S/C31H36FN5O8/c1-31(2,3)45-30(41)33-13-17(12-32)16-42-20-10-21(26-24(11-20)43-29(35-26)37-9-7-19(39)15-37)25-23(40)5-4-22-27(25)44-28(34-22)36-8-6-18(38)14-36/h4-5,10-12,18-19,38-40H,6-9,13-16H2,1-3H3,(H,33,41)/b17-12+. The molecule has 0 spiro atoms. The Morgan fingerprint density at radius 2 is 1.78 bits per heavy atom. The maximum absolute atomic E-state index is 13.8. The quantitative estimate of drug-likeness (QED) is 0.220. The minimum Gasteiger partial charge on any atom is -0.507 e. The Bertz CT molecular complexity index is 1750. The van der Waals surface area contributed by atoms with E-state index in [4.69, 9.17) is 23.3 Å². The van der Waals surface area contributed by atoms with Gasteiger partial charge in [0.25, 0.3) is 12.0 Å². The van der Waals surface area contributed by atoms with E-state index in [2.05, 4.69) is 10.3 Å². The number of fused-ring (bicyclic) bond motifs is 2. The van der Waals surface area contributed by atoms with E-state index in [9.17, 15) is 24.5 Å². The summed E-state index contributed by atoms with van der Waals surface area (Å²) in [5, 5.41) is 33.8. The van der Waals surface area contributed by atoms with Gasteiger partial charge in [-0.25, -0.2) is 9.18 Å². The van der Waals surface area contributed by atoms with Crippen molar-refractivity contribution in [3.05, 3.63) is 36.2 Å². The third-order valence-corrected chi connectivity index (χ3v) is 7.56. The molecule has 4 heterocycles. The largest absolute Gasteiger partial charge is 0.507 e. The number of benzene rings is 2. The number of rotatable bonds is 8. The molecule has 0 radical (unpaired) electrons. The molecule has 14 heteroatoms. The van der Waals surface area contributed by atoms with E-state index in [0.29, 0.717) is 90.7 Å². The Hall–Kier alpha value is -4.56. The maximum atomic E-state index is 13.8. The lowest BCUT2D eigenvalue weighted by atomic mass is 10.0. The van der Waals surface area contributed by atoms with Crippen LogP contribution < -0.4 is 19.9 Å². The zero-order valence-electron chi connectivity index (χ0n) is 25.2. The lowest BCUT2D eigenvalue weighted by Crippen LogP contribution is -2.34. The van der Waals surface area contributed by atoms with Crippen LogP contribution in [0.1, 0.15) is 33.6 Å². The smallest absolute Gasteiger partial charge is 0.407 e. The molecule has 2 aromatic heterocycles. The van der Waals surface area contributed by atoms with E-state index in [1.165, 1.54) is 6.07 Å². The van der Waals surface area contributed by atoms with Crippen LogP contribution in [0.15, 0.2) is 45.0 Å². The monoisotopic (exact) mass is 625 g/mol. The van der Waals surface area contributed by atoms with Crippen LogP contribution in [-0.2, 0) is 4.74 Å². The van der Waals surface area contributed by atoms with Gasteiger partial charge in [0.05, 0.1) is 24.1 Å². The number of aliphatic hydroxyl groups is 2. The highest BCUT2D eigenvalue weighted by atomic mass is 19.1. The van der Waals surface area contributed by atoms with Crippen molar-refractivity contribution in [2.24, 2.45) is 0 Å². The second-order valence-corrected chi connectivity index (χ2v) is 12.3. The third kappa shape index (κ3) is 6.61. The van der Waals surface area contributed by atoms with Crippen molar-refractivity contribution in [1.29, 1.82) is 0 Å². The van der Waals surface area contributed by atoms with Gasteiger partial charge in [-0.05, 0) is 51.8 Å². The Labute approximate surface area is 257 Å². The maximum Gasteiger partial charge on any atom is 0.407 e. The average molecular weight is 626 g/mol. The number of alkyl carbamates (subject to hydrolysis) is 1. The number of amides is 1. The number of aromatic hydroxyl groups is 1. The van der Waals surface area contributed by atoms with Crippen LogP contribution in [0.5, 0.6) is 11.5 Å². The zero-order chi connectivity index (χ0) is 31.9. The van der Waals surface area contributed by atoms with Crippen LogP contribution in [0, 0.1) is 0 Å². The van der Waals surface area contributed by atoms with Gasteiger partial charge in [-0.1, -0.05) is 0 Å². The van der Waals surface area contributed by atoms with E-state index >= 15 is 0 Å². The van der Waals surface area contributed by atoms with Crippen molar-refractivity contribution in [3.8, 4) is 22.6 Å². The molecule has 2 atom stereocenters. The summed E-state index contributed by atoms with van der Waals surface area (Å²) in [5.74, 6) is 0.175. The summed E-state index contributed by atoms with van der Waals surface area (Å²) in [6.07, 6.45) is -0.159. The second-order valence-electron chi connectivity index (χ2n) is 12.3. The fraction of sp³-hybridized carbons (Fsp3) is 0.452. The molecule has 0 saturated carbocycles. The van der Waals surface area contributed by atoms with Gasteiger partial charge in [-0.3, -0.25) is 0 Å². The zero-order valence-corrected chi connectivity index (χ0v) is 25.2. The van der Waals surface area contributed by atoms with E-state index in [0.717, 1.165) is 0 Å². The number of halogens is 1. The van der Waals surface area contributed by atoms with Crippen molar-refractivity contribution in [2.75, 3.05) is 49.1 Å². The number of aromatic nitrogens is 2. The highest BCUT2D eigenvalue weighted by Crippen LogP contribution is 2.44. The third-order valence-electron chi connectivity index (χ3n) is 7.56. The summed E-state index contributed by atoms with van der Waals surface area (Å²) in [6, 6.07) is 7.00. The summed E-state index contributed by atoms with van der Waals surface area (Å²) in [6.45, 7) is 6.69. The van der Waals surface area contributed by atoms with Gasteiger partial charge in [0, 0.05) is 49.9 Å². The van der Waals surface area contributed by atoms with Crippen molar-refractivity contribution in [1.82, 2.24) is 15.3 Å². The molecule has 45 heavy (non-hydrogen) atoms. The lowest BCUT2D eigenvalue weighted by Gasteiger charge is -2.20. The molecule has 2 unspecified atom stereocenters. The molecule has 2 saturated heterocycles. The molecule has 0 bridgehead atoms. The summed E-state index contributed by atoms with van der Waals surface area (Å²) < 4.78 is 37.2. The van der Waals surface area contributed by atoms with E-state index in [-0.39, 0.29) is 30.2 Å². The Balaban J connectivity index is 1.35. The molecule has 1 amide bonds. The highest BCUT2D eigenvalue weighted by molar-refractivity contribution is 6.03. The van der Waals surface area contributed by atoms with Crippen molar-refractivity contribution >= 4 is 40.3 Å². The number of carbonyl (C=O) groups is 1. The van der Waals surface area contributed by atoms with Gasteiger partial charge < -0.3 is 48.7 Å².